The second-order valence-corrected chi connectivity index (χ2v) is 6.95. The lowest BCUT2D eigenvalue weighted by atomic mass is 10.1. The number of carbonyl (C=O) groups is 2. The van der Waals surface area contributed by atoms with Gasteiger partial charge in [-0.3, -0.25) is 14.6 Å². The van der Waals surface area contributed by atoms with Crippen LogP contribution in [0.5, 0.6) is 0 Å². The van der Waals surface area contributed by atoms with E-state index >= 15 is 0 Å². The number of anilines is 1. The Kier molecular flexibility index (Phi) is 5.74. The molecule has 1 heterocycles. The van der Waals surface area contributed by atoms with Crippen molar-refractivity contribution in [2.24, 2.45) is 0 Å². The standard InChI is InChI=1S/C18H19ClFN3O2/c1-18(2,3)23-17(25)14-10-12(7-8-21-14)22-15(24)9-11-5-4-6-13(20)16(11)19/h4-8,10H,9H2,1-3H3,(H,23,25)(H,21,22,24). The zero-order chi connectivity index (χ0) is 18.6. The van der Waals surface area contributed by atoms with Gasteiger partial charge in [0.25, 0.3) is 5.91 Å². The Morgan fingerprint density at radius 2 is 1.96 bits per heavy atom. The van der Waals surface area contributed by atoms with Crippen LogP contribution in [0.4, 0.5) is 10.1 Å². The van der Waals surface area contributed by atoms with Crippen LogP contribution in [0, 0.1) is 5.82 Å². The normalized spacial score (nSPS) is 11.1. The van der Waals surface area contributed by atoms with Crippen LogP contribution in [0.25, 0.3) is 0 Å². The monoisotopic (exact) mass is 363 g/mol. The van der Waals surface area contributed by atoms with Gasteiger partial charge in [0.15, 0.2) is 0 Å². The van der Waals surface area contributed by atoms with Crippen LogP contribution in [-0.4, -0.2) is 22.3 Å². The number of benzene rings is 1. The average molecular weight is 364 g/mol. The molecular formula is C18H19ClFN3O2. The van der Waals surface area contributed by atoms with Gasteiger partial charge in [-0.1, -0.05) is 23.7 Å². The maximum atomic E-state index is 13.4. The van der Waals surface area contributed by atoms with Crippen molar-refractivity contribution in [3.05, 3.63) is 58.6 Å². The first-order chi connectivity index (χ1) is 11.7. The van der Waals surface area contributed by atoms with Crippen molar-refractivity contribution in [2.45, 2.75) is 32.7 Å². The van der Waals surface area contributed by atoms with Crippen LogP contribution in [0.2, 0.25) is 5.02 Å². The van der Waals surface area contributed by atoms with E-state index in [2.05, 4.69) is 15.6 Å². The van der Waals surface area contributed by atoms with Crippen LogP contribution >= 0.6 is 11.6 Å². The van der Waals surface area contributed by atoms with Crippen molar-refractivity contribution in [1.29, 1.82) is 0 Å². The van der Waals surface area contributed by atoms with Crippen LogP contribution in [0.1, 0.15) is 36.8 Å². The molecule has 0 aliphatic rings. The number of nitrogens with one attached hydrogen (secondary N) is 2. The molecule has 0 spiro atoms. The Morgan fingerprint density at radius 3 is 2.64 bits per heavy atom. The van der Waals surface area contributed by atoms with Crippen molar-refractivity contribution >= 4 is 29.1 Å². The topological polar surface area (TPSA) is 71.1 Å². The fraction of sp³-hybridized carbons (Fsp3) is 0.278. The predicted octanol–water partition coefficient (Wildman–Crippen LogP) is 3.58. The van der Waals surface area contributed by atoms with E-state index in [1.54, 1.807) is 12.1 Å². The predicted molar refractivity (Wildman–Crippen MR) is 95.2 cm³/mol. The molecule has 0 atom stereocenters. The summed E-state index contributed by atoms with van der Waals surface area (Å²) in [4.78, 5) is 28.3. The molecule has 7 heteroatoms. The molecule has 0 aliphatic heterocycles. The van der Waals surface area contributed by atoms with E-state index in [0.29, 0.717) is 11.3 Å². The summed E-state index contributed by atoms with van der Waals surface area (Å²) in [6.45, 7) is 5.58. The number of halogens is 2. The first-order valence-electron chi connectivity index (χ1n) is 7.67. The minimum absolute atomic E-state index is 0.0716. The van der Waals surface area contributed by atoms with E-state index in [0.717, 1.165) is 0 Å². The number of hydrogen-bond donors (Lipinski definition) is 2. The molecule has 1 aromatic carbocycles. The molecule has 0 unspecified atom stereocenters. The molecule has 2 rings (SSSR count). The highest BCUT2D eigenvalue weighted by atomic mass is 35.5. The molecule has 0 saturated carbocycles. The number of pyridine rings is 1. The van der Waals surface area contributed by atoms with Crippen LogP contribution in [-0.2, 0) is 11.2 Å². The quantitative estimate of drug-likeness (QED) is 0.872. The molecule has 0 bridgehead atoms. The van der Waals surface area contributed by atoms with Gasteiger partial charge >= 0.3 is 0 Å². The van der Waals surface area contributed by atoms with Gasteiger partial charge in [0.1, 0.15) is 11.5 Å². The summed E-state index contributed by atoms with van der Waals surface area (Å²) in [6, 6.07) is 7.35. The van der Waals surface area contributed by atoms with E-state index in [9.17, 15) is 14.0 Å². The highest BCUT2D eigenvalue weighted by Gasteiger charge is 2.17. The summed E-state index contributed by atoms with van der Waals surface area (Å²) >= 11 is 5.85. The summed E-state index contributed by atoms with van der Waals surface area (Å²) in [5.41, 5.74) is 0.605. The molecule has 2 N–H and O–H groups in total. The highest BCUT2D eigenvalue weighted by Crippen LogP contribution is 2.20. The smallest absolute Gasteiger partial charge is 0.270 e. The van der Waals surface area contributed by atoms with E-state index in [4.69, 9.17) is 11.6 Å². The van der Waals surface area contributed by atoms with Crippen LogP contribution in [0.3, 0.4) is 0 Å². The van der Waals surface area contributed by atoms with Gasteiger partial charge in [-0.2, -0.15) is 0 Å². The lowest BCUT2D eigenvalue weighted by Crippen LogP contribution is -2.40. The zero-order valence-corrected chi connectivity index (χ0v) is 14.9. The molecule has 0 saturated heterocycles. The molecule has 1 aromatic heterocycles. The van der Waals surface area contributed by atoms with Gasteiger partial charge in [-0.25, -0.2) is 4.39 Å². The third-order valence-corrected chi connectivity index (χ3v) is 3.57. The van der Waals surface area contributed by atoms with Gasteiger partial charge in [0.2, 0.25) is 5.91 Å². The first-order valence-corrected chi connectivity index (χ1v) is 8.05. The molecule has 25 heavy (non-hydrogen) atoms. The number of hydrogen-bond acceptors (Lipinski definition) is 3. The van der Waals surface area contributed by atoms with Gasteiger partial charge in [0, 0.05) is 17.4 Å². The number of amides is 2. The summed E-state index contributed by atoms with van der Waals surface area (Å²) in [6.07, 6.45) is 1.35. The van der Waals surface area contributed by atoms with Crippen molar-refractivity contribution in [3.63, 3.8) is 0 Å². The number of aromatic nitrogens is 1. The van der Waals surface area contributed by atoms with Crippen molar-refractivity contribution in [1.82, 2.24) is 10.3 Å². The van der Waals surface area contributed by atoms with Crippen LogP contribution in [0.15, 0.2) is 36.5 Å². The lowest BCUT2D eigenvalue weighted by Gasteiger charge is -2.20. The summed E-state index contributed by atoms with van der Waals surface area (Å²) in [5, 5.41) is 5.38. The Bertz CT molecular complexity index is 803. The Balaban J connectivity index is 2.07. The largest absolute Gasteiger partial charge is 0.346 e. The van der Waals surface area contributed by atoms with E-state index in [1.807, 2.05) is 20.8 Å². The number of nitrogens with zero attached hydrogens (tertiary/aromatic N) is 1. The minimum Gasteiger partial charge on any atom is -0.346 e. The molecule has 0 radical (unpaired) electrons. The Hall–Kier alpha value is -2.47. The van der Waals surface area contributed by atoms with Crippen LogP contribution < -0.4 is 10.6 Å². The number of carbonyl (C=O) groups excluding carboxylic acids is 2. The zero-order valence-electron chi connectivity index (χ0n) is 14.2. The summed E-state index contributed by atoms with van der Waals surface area (Å²) in [7, 11) is 0. The molecule has 132 valence electrons. The van der Waals surface area contributed by atoms with Gasteiger partial charge in [0.05, 0.1) is 11.4 Å². The molecule has 0 aliphatic carbocycles. The van der Waals surface area contributed by atoms with E-state index in [1.165, 1.54) is 24.4 Å². The molecule has 2 aromatic rings. The third kappa shape index (κ3) is 5.53. The van der Waals surface area contributed by atoms with Gasteiger partial charge in [-0.15, -0.1) is 0 Å². The summed E-state index contributed by atoms with van der Waals surface area (Å²) < 4.78 is 13.4. The fourth-order valence-corrected chi connectivity index (χ4v) is 2.29. The maximum absolute atomic E-state index is 13.4. The van der Waals surface area contributed by atoms with Crippen molar-refractivity contribution in [2.75, 3.05) is 5.32 Å². The average Bonchev–Trinajstić information content (AvgIpc) is 2.50. The molecule has 0 fully saturated rings. The van der Waals surface area contributed by atoms with E-state index in [-0.39, 0.29) is 29.0 Å². The Labute approximate surface area is 150 Å². The lowest BCUT2D eigenvalue weighted by molar-refractivity contribution is -0.115. The van der Waals surface area contributed by atoms with Gasteiger partial charge in [-0.05, 0) is 44.5 Å². The molecule has 5 nitrogen and oxygen atoms in total. The fourth-order valence-electron chi connectivity index (χ4n) is 2.10. The van der Waals surface area contributed by atoms with Crippen molar-refractivity contribution in [3.8, 4) is 0 Å². The maximum Gasteiger partial charge on any atom is 0.270 e. The molecule has 2 amide bonds. The highest BCUT2D eigenvalue weighted by molar-refractivity contribution is 6.31. The van der Waals surface area contributed by atoms with Crippen molar-refractivity contribution < 1.29 is 14.0 Å². The van der Waals surface area contributed by atoms with Gasteiger partial charge < -0.3 is 10.6 Å². The SMILES string of the molecule is CC(C)(C)NC(=O)c1cc(NC(=O)Cc2cccc(F)c2Cl)ccn1. The number of rotatable bonds is 4. The molecular weight excluding hydrogens is 345 g/mol. The summed E-state index contributed by atoms with van der Waals surface area (Å²) in [5.74, 6) is -1.28. The minimum atomic E-state index is -0.572. The first kappa shape index (κ1) is 18.9. The third-order valence-electron chi connectivity index (χ3n) is 3.15. The second-order valence-electron chi connectivity index (χ2n) is 6.57. The van der Waals surface area contributed by atoms with E-state index < -0.39 is 11.4 Å². The second kappa shape index (κ2) is 7.61. The Morgan fingerprint density at radius 1 is 1.24 bits per heavy atom.